The fraction of sp³-hybridized carbons (Fsp3) is 0.351. The number of unbranched alkanes of at least 4 members (excludes halogenated alkanes) is 10. The van der Waals surface area contributed by atoms with Crippen LogP contribution in [0.5, 0.6) is 0 Å². The van der Waals surface area contributed by atoms with E-state index in [0.717, 1.165) is 16.2 Å². The summed E-state index contributed by atoms with van der Waals surface area (Å²) in [5.41, 5.74) is 28.6. The normalized spacial score (nSPS) is 16.1. The van der Waals surface area contributed by atoms with Crippen molar-refractivity contribution in [2.45, 2.75) is 167 Å². The lowest BCUT2D eigenvalue weighted by atomic mass is 9.70. The third-order valence-corrected chi connectivity index (χ3v) is 19.7. The molecule has 76 heavy (non-hydrogen) atoms. The van der Waals surface area contributed by atoms with Gasteiger partial charge in [0.1, 0.15) is 11.2 Å². The number of rotatable bonds is 16. The average molecular weight is 1020 g/mol. The Morgan fingerprint density at radius 2 is 0.816 bits per heavy atom. The van der Waals surface area contributed by atoms with Crippen molar-refractivity contribution in [2.75, 3.05) is 0 Å². The smallest absolute Gasteiger partial charge is 0.144 e. The third-order valence-electron chi connectivity index (χ3n) is 19.5. The van der Waals surface area contributed by atoms with Crippen molar-refractivity contribution in [3.63, 3.8) is 0 Å². The van der Waals surface area contributed by atoms with E-state index in [1.807, 2.05) is 0 Å². The minimum absolute atomic E-state index is 0.0621. The molecule has 0 amide bonds. The molecule has 0 atom stereocenters. The van der Waals surface area contributed by atoms with Gasteiger partial charge in [-0.2, -0.15) is 0 Å². The second-order valence-electron chi connectivity index (χ2n) is 25.1. The van der Waals surface area contributed by atoms with Crippen LogP contribution in [-0.2, 0) is 21.7 Å². The molecular weight excluding hydrogens is 940 g/mol. The predicted molar refractivity (Wildman–Crippen MR) is 324 cm³/mol. The number of hydrogen-bond donors (Lipinski definition) is 0. The van der Waals surface area contributed by atoms with E-state index in [4.69, 9.17) is 16.0 Å². The van der Waals surface area contributed by atoms with Gasteiger partial charge in [0.25, 0.3) is 0 Å². The van der Waals surface area contributed by atoms with E-state index in [9.17, 15) is 0 Å². The average Bonchev–Trinajstić information content (AvgIpc) is 4.17. The fourth-order valence-electron chi connectivity index (χ4n) is 15.5. The molecule has 0 spiro atoms. The molecule has 9 aromatic rings. The van der Waals surface area contributed by atoms with E-state index in [1.54, 1.807) is 11.1 Å². The Balaban J connectivity index is 0.854. The Hall–Kier alpha value is -6.15. The summed E-state index contributed by atoms with van der Waals surface area (Å²) in [6, 6.07) is 54.0. The molecule has 1 aromatic heterocycles. The highest BCUT2D eigenvalue weighted by atomic mass is 35.5. The van der Waals surface area contributed by atoms with Crippen molar-refractivity contribution < 1.29 is 4.42 Å². The Bertz CT molecular complexity index is 3780. The van der Waals surface area contributed by atoms with Crippen LogP contribution >= 0.6 is 11.6 Å². The summed E-state index contributed by atoms with van der Waals surface area (Å²) in [6.07, 6.45) is 18.4. The molecule has 0 saturated carbocycles. The first-order chi connectivity index (χ1) is 36.8. The number of furan rings is 1. The Kier molecular flexibility index (Phi) is 12.0. The second kappa shape index (κ2) is 18.5. The molecule has 0 bridgehead atoms. The first-order valence-corrected chi connectivity index (χ1v) is 29.7. The number of para-hydroxylation sites is 1. The molecular formula is C74H75ClO. The van der Waals surface area contributed by atoms with Gasteiger partial charge in [-0.3, -0.25) is 0 Å². The zero-order chi connectivity index (χ0) is 52.3. The van der Waals surface area contributed by atoms with Gasteiger partial charge in [0, 0.05) is 43.0 Å². The SMILES string of the molecule is CCCCCCCCC1(CCCCCCCC)c2ccccc2-c2ccc(-c3ccc4c(c3)C(C)(C)c3cc(-c5ccc6c(c5)C(C)(C)c5c7c(c8c(oc9ccccc98)c5-6)-c5ccc(Cl)cc5C7(C)C)ccc3-4)cc21. The van der Waals surface area contributed by atoms with Crippen LogP contribution in [0.1, 0.15) is 190 Å². The maximum Gasteiger partial charge on any atom is 0.144 e. The molecule has 384 valence electrons. The lowest BCUT2D eigenvalue weighted by Gasteiger charge is -2.33. The molecule has 1 nitrogen and oxygen atoms in total. The van der Waals surface area contributed by atoms with Gasteiger partial charge in [-0.1, -0.05) is 241 Å². The largest absolute Gasteiger partial charge is 0.455 e. The van der Waals surface area contributed by atoms with Gasteiger partial charge in [0.05, 0.1) is 0 Å². The standard InChI is InChI=1S/C74H75ClO/c1-9-11-13-15-17-23-39-74(40-24-18-16-14-12-10-2)58-27-21-19-25-51(58)54-36-31-49(44-63(54)74)47-30-35-53-52-34-29-46(41-59(52)71(3,4)60(53)42-47)48-32-37-56-61(43-48)72(5,6)69-67(56)70-66(57-26-20-22-28-64(57)76-70)65-55-38-33-50(75)45-62(55)73(7,8)68(65)69/h19-22,25-38,41-45H,9-18,23-24,39-40H2,1-8H3. The van der Waals surface area contributed by atoms with Crippen LogP contribution < -0.4 is 0 Å². The second-order valence-corrected chi connectivity index (χ2v) is 25.5. The van der Waals surface area contributed by atoms with Gasteiger partial charge < -0.3 is 4.42 Å². The van der Waals surface area contributed by atoms with Gasteiger partial charge in [-0.25, -0.2) is 0 Å². The van der Waals surface area contributed by atoms with Gasteiger partial charge in [-0.15, -0.1) is 0 Å². The Morgan fingerprint density at radius 3 is 1.42 bits per heavy atom. The van der Waals surface area contributed by atoms with Gasteiger partial charge >= 0.3 is 0 Å². The summed E-state index contributed by atoms with van der Waals surface area (Å²) < 4.78 is 7.00. The summed E-state index contributed by atoms with van der Waals surface area (Å²) >= 11 is 6.79. The van der Waals surface area contributed by atoms with Crippen LogP contribution in [0.3, 0.4) is 0 Å². The predicted octanol–water partition coefficient (Wildman–Crippen LogP) is 22.3. The summed E-state index contributed by atoms with van der Waals surface area (Å²) in [6.45, 7) is 19.2. The van der Waals surface area contributed by atoms with Gasteiger partial charge in [0.15, 0.2) is 0 Å². The van der Waals surface area contributed by atoms with E-state index >= 15 is 0 Å². The van der Waals surface area contributed by atoms with Gasteiger partial charge in [0.2, 0.25) is 0 Å². The van der Waals surface area contributed by atoms with Crippen molar-refractivity contribution >= 4 is 33.5 Å². The topological polar surface area (TPSA) is 13.1 Å². The lowest BCUT2D eigenvalue weighted by Crippen LogP contribution is -2.25. The minimum atomic E-state index is -0.286. The molecule has 1 heterocycles. The molecule has 4 aliphatic rings. The minimum Gasteiger partial charge on any atom is -0.455 e. The first-order valence-electron chi connectivity index (χ1n) is 29.3. The molecule has 0 fully saturated rings. The molecule has 0 saturated heterocycles. The maximum atomic E-state index is 7.00. The van der Waals surface area contributed by atoms with E-state index in [2.05, 4.69) is 195 Å². The van der Waals surface area contributed by atoms with E-state index < -0.39 is 0 Å². The molecule has 13 rings (SSSR count). The third kappa shape index (κ3) is 7.37. The number of halogens is 1. The molecule has 0 aliphatic heterocycles. The molecule has 0 unspecified atom stereocenters. The van der Waals surface area contributed by atoms with Crippen molar-refractivity contribution in [1.29, 1.82) is 0 Å². The Morgan fingerprint density at radius 1 is 0.382 bits per heavy atom. The van der Waals surface area contributed by atoms with Crippen LogP contribution in [-0.4, -0.2) is 0 Å². The molecule has 8 aromatic carbocycles. The zero-order valence-electron chi connectivity index (χ0n) is 46.5. The quantitative estimate of drug-likeness (QED) is 0.0879. The van der Waals surface area contributed by atoms with Crippen molar-refractivity contribution in [3.8, 4) is 66.8 Å². The highest BCUT2D eigenvalue weighted by Gasteiger charge is 2.49. The van der Waals surface area contributed by atoms with Gasteiger partial charge in [-0.05, 0) is 161 Å². The van der Waals surface area contributed by atoms with E-state index in [-0.39, 0.29) is 21.7 Å². The van der Waals surface area contributed by atoms with Crippen LogP contribution in [0.2, 0.25) is 5.02 Å². The first kappa shape index (κ1) is 49.4. The molecule has 0 N–H and O–H groups in total. The molecule has 2 heteroatoms. The highest BCUT2D eigenvalue weighted by Crippen LogP contribution is 2.64. The summed E-state index contributed by atoms with van der Waals surface area (Å²) in [7, 11) is 0. The lowest BCUT2D eigenvalue weighted by molar-refractivity contribution is 0.398. The molecule has 0 radical (unpaired) electrons. The molecule has 4 aliphatic carbocycles. The fourth-order valence-corrected chi connectivity index (χ4v) is 15.7. The van der Waals surface area contributed by atoms with Crippen molar-refractivity contribution in [1.82, 2.24) is 0 Å². The summed E-state index contributed by atoms with van der Waals surface area (Å²) in [4.78, 5) is 0. The number of fused-ring (bicyclic) bond motifs is 18. The van der Waals surface area contributed by atoms with Crippen molar-refractivity contribution in [2.24, 2.45) is 0 Å². The van der Waals surface area contributed by atoms with Crippen LogP contribution in [0.4, 0.5) is 0 Å². The number of benzene rings is 8. The van der Waals surface area contributed by atoms with E-state index in [0.29, 0.717) is 0 Å². The Labute approximate surface area is 458 Å². The van der Waals surface area contributed by atoms with Crippen LogP contribution in [0.25, 0.3) is 88.7 Å². The summed E-state index contributed by atoms with van der Waals surface area (Å²) in [5, 5.41) is 3.17. The van der Waals surface area contributed by atoms with Crippen LogP contribution in [0, 0.1) is 0 Å². The van der Waals surface area contributed by atoms with Crippen LogP contribution in [0.15, 0.2) is 144 Å². The zero-order valence-corrected chi connectivity index (χ0v) is 47.2. The maximum absolute atomic E-state index is 7.00. The van der Waals surface area contributed by atoms with E-state index in [1.165, 1.54) is 201 Å². The van der Waals surface area contributed by atoms with Crippen molar-refractivity contribution in [3.05, 3.63) is 189 Å². The highest BCUT2D eigenvalue weighted by molar-refractivity contribution is 6.31. The summed E-state index contributed by atoms with van der Waals surface area (Å²) in [5.74, 6) is 0. The number of hydrogen-bond acceptors (Lipinski definition) is 1. The monoisotopic (exact) mass is 1010 g/mol.